The van der Waals surface area contributed by atoms with Gasteiger partial charge in [0.25, 0.3) is 0 Å². The topological polar surface area (TPSA) is 172 Å². The highest BCUT2D eigenvalue weighted by Gasteiger charge is 2.47. The van der Waals surface area contributed by atoms with E-state index in [9.17, 15) is 17.4 Å². The maximum Gasteiger partial charge on any atom is 0.490 e. The molecule has 1 aliphatic heterocycles. The number of benzene rings is 1. The number of rotatable bonds is 3. The van der Waals surface area contributed by atoms with E-state index >= 15 is 4.39 Å². The summed E-state index contributed by atoms with van der Waals surface area (Å²) in [4.78, 5) is 17.7. The molecule has 1 aromatic carbocycles. The first-order valence-electron chi connectivity index (χ1n) is 11.3. The van der Waals surface area contributed by atoms with Crippen molar-refractivity contribution < 1.29 is 31.7 Å². The molecule has 1 aliphatic rings. The Morgan fingerprint density at radius 2 is 1.90 bits per heavy atom. The van der Waals surface area contributed by atoms with Gasteiger partial charge in [0.1, 0.15) is 33.7 Å². The Bertz CT molecular complexity index is 1630. The molecule has 2 aromatic heterocycles. The second kappa shape index (κ2) is 10.6. The lowest BCUT2D eigenvalue weighted by Gasteiger charge is -2.40. The molecule has 1 unspecified atom stereocenters. The molecule has 0 radical (unpaired) electrons. The number of hydrogen-bond donors (Lipinski definition) is 2. The fourth-order valence-electron chi connectivity index (χ4n) is 3.78. The van der Waals surface area contributed by atoms with Crippen molar-refractivity contribution in [2.75, 3.05) is 12.8 Å². The molecule has 0 fully saturated rings. The number of aliphatic imine (C=N–C) groups is 1. The standard InChI is InChI=1S/C22H23FN8OS.C2HF3O2/c1-21(2)20(25)28-22(3,13-33(21,32)26-4)16-9-15(6-7-17(16)23)18-12-31(30-29-18)19-8-5-14(10-24)11-27-19;3-2(4,5)1(6)7/h5-9,11-12H,13H2,1-4H3,(H2,25,28);(H,6,7)/t22-,33?;/m0./s1. The van der Waals surface area contributed by atoms with E-state index in [2.05, 4.69) is 24.7 Å². The minimum absolute atomic E-state index is 0.0342. The van der Waals surface area contributed by atoms with Gasteiger partial charge in [-0.25, -0.2) is 27.4 Å². The third-order valence-electron chi connectivity index (χ3n) is 6.24. The number of carbonyl (C=O) groups is 1. The highest BCUT2D eigenvalue weighted by Crippen LogP contribution is 2.39. The van der Waals surface area contributed by atoms with Crippen LogP contribution in [-0.2, 0) is 20.1 Å². The molecule has 0 spiro atoms. The first-order valence-corrected chi connectivity index (χ1v) is 13.0. The van der Waals surface area contributed by atoms with Crippen LogP contribution in [0.1, 0.15) is 31.9 Å². The second-order valence-electron chi connectivity index (χ2n) is 9.31. The Morgan fingerprint density at radius 3 is 2.42 bits per heavy atom. The lowest BCUT2D eigenvalue weighted by molar-refractivity contribution is -0.192. The van der Waals surface area contributed by atoms with E-state index in [1.165, 1.54) is 24.0 Å². The van der Waals surface area contributed by atoms with E-state index < -0.39 is 38.0 Å². The molecular formula is C24H24F4N8O3S. The van der Waals surface area contributed by atoms with Crippen molar-refractivity contribution in [2.45, 2.75) is 37.2 Å². The lowest BCUT2D eigenvalue weighted by Crippen LogP contribution is -2.54. The second-order valence-corrected chi connectivity index (χ2v) is 12.3. The largest absolute Gasteiger partial charge is 0.490 e. The predicted molar refractivity (Wildman–Crippen MR) is 137 cm³/mol. The van der Waals surface area contributed by atoms with E-state index in [1.807, 2.05) is 6.07 Å². The average molecular weight is 581 g/mol. The summed E-state index contributed by atoms with van der Waals surface area (Å²) in [6, 6.07) is 9.83. The zero-order chi connectivity index (χ0) is 30.1. The zero-order valence-electron chi connectivity index (χ0n) is 21.6. The number of nitriles is 1. The maximum atomic E-state index is 15.0. The molecule has 3 aromatic rings. The first-order chi connectivity index (χ1) is 18.5. The number of hydrogen-bond acceptors (Lipinski definition) is 9. The van der Waals surface area contributed by atoms with Crippen LogP contribution in [0.5, 0.6) is 0 Å². The summed E-state index contributed by atoms with van der Waals surface area (Å²) in [6.07, 6.45) is -1.99. The van der Waals surface area contributed by atoms with Crippen molar-refractivity contribution >= 4 is 21.5 Å². The van der Waals surface area contributed by atoms with Gasteiger partial charge in [0, 0.05) is 24.4 Å². The van der Waals surface area contributed by atoms with E-state index in [4.69, 9.17) is 20.9 Å². The number of nitrogens with two attached hydrogens (primary N) is 1. The summed E-state index contributed by atoms with van der Waals surface area (Å²) in [5.41, 5.74) is 6.81. The Labute approximate surface area is 226 Å². The van der Waals surface area contributed by atoms with Gasteiger partial charge in [-0.3, -0.25) is 4.99 Å². The van der Waals surface area contributed by atoms with Crippen LogP contribution < -0.4 is 5.73 Å². The molecule has 0 aliphatic carbocycles. The van der Waals surface area contributed by atoms with Crippen LogP contribution in [0.15, 0.2) is 52.1 Å². The maximum absolute atomic E-state index is 15.0. The van der Waals surface area contributed by atoms with Gasteiger partial charge in [-0.2, -0.15) is 18.4 Å². The number of aromatic nitrogens is 4. The molecule has 212 valence electrons. The quantitative estimate of drug-likeness (QED) is 0.443. The molecule has 11 nitrogen and oxygen atoms in total. The predicted octanol–water partition coefficient (Wildman–Crippen LogP) is 3.44. The number of halogens is 4. The molecule has 0 bridgehead atoms. The minimum Gasteiger partial charge on any atom is -0.475 e. The number of aliphatic carboxylic acids is 1. The SMILES string of the molecule is CN=S1(=O)C[C@@](C)(c2cc(-c3cn(-c4ccc(C#N)cn4)nn3)ccc2F)N=C(N)C1(C)C.O=C(O)C(F)(F)F. The van der Waals surface area contributed by atoms with E-state index in [0.717, 1.165) is 0 Å². The number of pyridine rings is 1. The van der Waals surface area contributed by atoms with Crippen molar-refractivity contribution in [1.29, 1.82) is 5.26 Å². The molecule has 40 heavy (non-hydrogen) atoms. The molecule has 0 saturated carbocycles. The lowest BCUT2D eigenvalue weighted by atomic mass is 9.91. The number of carboxylic acids is 1. The van der Waals surface area contributed by atoms with Gasteiger partial charge >= 0.3 is 12.1 Å². The normalized spacial score (nSPS) is 21.8. The van der Waals surface area contributed by atoms with Crippen LogP contribution in [0.3, 0.4) is 0 Å². The van der Waals surface area contributed by atoms with Gasteiger partial charge in [-0.1, -0.05) is 5.21 Å². The molecule has 0 amide bonds. The zero-order valence-corrected chi connectivity index (χ0v) is 22.5. The summed E-state index contributed by atoms with van der Waals surface area (Å²) in [5.74, 6) is -2.55. The molecule has 3 heterocycles. The molecule has 3 N–H and O–H groups in total. The fraction of sp³-hybridized carbons (Fsp3) is 0.333. The van der Waals surface area contributed by atoms with Crippen LogP contribution >= 0.6 is 0 Å². The fourth-order valence-corrected chi connectivity index (χ4v) is 6.08. The average Bonchev–Trinajstić information content (AvgIpc) is 3.38. The third-order valence-corrected chi connectivity index (χ3v) is 9.59. The molecule has 0 saturated heterocycles. The van der Waals surface area contributed by atoms with Crippen LogP contribution in [0.2, 0.25) is 0 Å². The molecule has 16 heteroatoms. The number of nitrogens with zero attached hydrogens (tertiary/aromatic N) is 7. The Morgan fingerprint density at radius 1 is 1.25 bits per heavy atom. The van der Waals surface area contributed by atoms with Crippen LogP contribution in [0, 0.1) is 17.1 Å². The number of amidine groups is 1. The van der Waals surface area contributed by atoms with Gasteiger partial charge in [-0.05, 0) is 51.1 Å². The minimum atomic E-state index is -5.08. The van der Waals surface area contributed by atoms with Gasteiger partial charge in [0.05, 0.1) is 27.2 Å². The summed E-state index contributed by atoms with van der Waals surface area (Å²) in [6.45, 7) is 5.19. The highest BCUT2D eigenvalue weighted by atomic mass is 32.2. The number of alkyl halides is 3. The third kappa shape index (κ3) is 5.78. The highest BCUT2D eigenvalue weighted by molar-refractivity contribution is 7.95. The molecular weight excluding hydrogens is 556 g/mol. The number of carboxylic acid groups (broad SMARTS) is 1. The Hall–Kier alpha value is -4.39. The van der Waals surface area contributed by atoms with E-state index in [0.29, 0.717) is 22.6 Å². The Balaban J connectivity index is 0.000000559. The van der Waals surface area contributed by atoms with Crippen LogP contribution in [0.25, 0.3) is 17.1 Å². The van der Waals surface area contributed by atoms with E-state index in [-0.39, 0.29) is 17.2 Å². The van der Waals surface area contributed by atoms with Crippen molar-refractivity contribution in [3.05, 3.63) is 59.7 Å². The summed E-state index contributed by atoms with van der Waals surface area (Å²) < 4.78 is 65.0. The van der Waals surface area contributed by atoms with Gasteiger partial charge in [0.2, 0.25) is 0 Å². The van der Waals surface area contributed by atoms with Crippen molar-refractivity contribution in [2.24, 2.45) is 15.1 Å². The first kappa shape index (κ1) is 30.2. The summed E-state index contributed by atoms with van der Waals surface area (Å²) in [7, 11) is -1.31. The molecule has 4 rings (SSSR count). The van der Waals surface area contributed by atoms with Crippen molar-refractivity contribution in [3.8, 4) is 23.1 Å². The monoisotopic (exact) mass is 580 g/mol. The Kier molecular flexibility index (Phi) is 8.02. The van der Waals surface area contributed by atoms with Crippen molar-refractivity contribution in [1.82, 2.24) is 20.0 Å². The van der Waals surface area contributed by atoms with Gasteiger partial charge in [0.15, 0.2) is 5.82 Å². The van der Waals surface area contributed by atoms with E-state index in [1.54, 1.807) is 51.2 Å². The van der Waals surface area contributed by atoms with Crippen molar-refractivity contribution in [3.63, 3.8) is 0 Å². The summed E-state index contributed by atoms with van der Waals surface area (Å²) >= 11 is 0. The van der Waals surface area contributed by atoms with Gasteiger partial charge < -0.3 is 10.8 Å². The summed E-state index contributed by atoms with van der Waals surface area (Å²) in [5, 5.41) is 24.3. The smallest absolute Gasteiger partial charge is 0.475 e. The van der Waals surface area contributed by atoms with Crippen LogP contribution in [-0.4, -0.2) is 64.8 Å². The van der Waals surface area contributed by atoms with Gasteiger partial charge in [-0.15, -0.1) is 5.10 Å². The van der Waals surface area contributed by atoms with Crippen LogP contribution in [0.4, 0.5) is 17.6 Å². The molecule has 2 atom stereocenters.